The summed E-state index contributed by atoms with van der Waals surface area (Å²) < 4.78 is 1.43. The van der Waals surface area contributed by atoms with Gasteiger partial charge in [-0.15, -0.1) is 11.3 Å². The normalized spacial score (nSPS) is 18.6. The van der Waals surface area contributed by atoms with Crippen molar-refractivity contribution in [1.82, 2.24) is 5.32 Å². The Hall–Kier alpha value is -1.12. The summed E-state index contributed by atoms with van der Waals surface area (Å²) in [6.07, 6.45) is 1.19. The average Bonchev–Trinajstić information content (AvgIpc) is 2.88. The zero-order chi connectivity index (χ0) is 15.2. The molecule has 1 unspecified atom stereocenters. The number of thiophene rings is 1. The molecule has 2 heteroatoms. The van der Waals surface area contributed by atoms with Crippen LogP contribution in [0.2, 0.25) is 0 Å². The zero-order valence-corrected chi connectivity index (χ0v) is 14.5. The first-order valence-corrected chi connectivity index (χ1v) is 8.64. The van der Waals surface area contributed by atoms with Gasteiger partial charge in [0.2, 0.25) is 0 Å². The van der Waals surface area contributed by atoms with Crippen LogP contribution in [-0.2, 0) is 0 Å². The molecule has 21 heavy (non-hydrogen) atoms. The molecule has 0 radical (unpaired) electrons. The second-order valence-electron chi connectivity index (χ2n) is 7.16. The molecule has 1 aromatic heterocycles. The Labute approximate surface area is 132 Å². The summed E-state index contributed by atoms with van der Waals surface area (Å²) in [7, 11) is 0. The van der Waals surface area contributed by atoms with Crippen molar-refractivity contribution in [3.8, 4) is 0 Å². The molecule has 0 fully saturated rings. The summed E-state index contributed by atoms with van der Waals surface area (Å²) in [5.41, 5.74) is 4.80. The first-order chi connectivity index (χ1) is 9.88. The Morgan fingerprint density at radius 1 is 1.14 bits per heavy atom. The molecule has 112 valence electrons. The highest BCUT2D eigenvalue weighted by Crippen LogP contribution is 2.50. The first kappa shape index (κ1) is 14.8. The number of allylic oxidation sites excluding steroid dienone is 2. The van der Waals surface area contributed by atoms with Crippen LogP contribution >= 0.6 is 11.3 Å². The summed E-state index contributed by atoms with van der Waals surface area (Å²) in [6.45, 7) is 12.4. The lowest BCUT2D eigenvalue weighted by atomic mass is 9.98. The number of benzene rings is 1. The highest BCUT2D eigenvalue weighted by Gasteiger charge is 2.30. The summed E-state index contributed by atoms with van der Waals surface area (Å²) >= 11 is 1.99. The number of hydrogen-bond donors (Lipinski definition) is 1. The van der Waals surface area contributed by atoms with Crippen LogP contribution in [0.4, 0.5) is 0 Å². The second-order valence-corrected chi connectivity index (χ2v) is 8.25. The Morgan fingerprint density at radius 3 is 2.57 bits per heavy atom. The van der Waals surface area contributed by atoms with E-state index in [1.54, 1.807) is 10.5 Å². The van der Waals surface area contributed by atoms with Crippen LogP contribution in [0.25, 0.3) is 15.7 Å². The standard InChI is InChI=1S/C19H25NS/c1-12-13(2)17-15-8-6-7-9-16(15)21-18(17)14(12)10-11-20-19(3,4)5/h6-9,14,20H,10-11H2,1-5H3. The molecule has 2 aromatic rings. The van der Waals surface area contributed by atoms with E-state index in [0.717, 1.165) is 6.54 Å². The molecule has 0 aliphatic heterocycles. The number of fused-ring (bicyclic) bond motifs is 3. The van der Waals surface area contributed by atoms with E-state index >= 15 is 0 Å². The average molecular weight is 299 g/mol. The fourth-order valence-corrected chi connectivity index (χ4v) is 4.76. The molecule has 1 N–H and O–H groups in total. The minimum atomic E-state index is 0.203. The van der Waals surface area contributed by atoms with E-state index in [2.05, 4.69) is 64.2 Å². The number of rotatable bonds is 3. The molecule has 0 saturated heterocycles. The van der Waals surface area contributed by atoms with Gasteiger partial charge in [0.15, 0.2) is 0 Å². The van der Waals surface area contributed by atoms with E-state index in [-0.39, 0.29) is 5.54 Å². The van der Waals surface area contributed by atoms with Crippen molar-refractivity contribution in [3.05, 3.63) is 40.3 Å². The van der Waals surface area contributed by atoms with Gasteiger partial charge in [-0.2, -0.15) is 0 Å². The molecule has 0 amide bonds. The SMILES string of the molecule is CC1=C(C)C(CCNC(C)(C)C)c2sc3ccccc3c21. The first-order valence-electron chi connectivity index (χ1n) is 7.82. The van der Waals surface area contributed by atoms with E-state index in [4.69, 9.17) is 0 Å². The zero-order valence-electron chi connectivity index (χ0n) is 13.7. The Balaban J connectivity index is 1.91. The quantitative estimate of drug-likeness (QED) is 0.781. The summed E-state index contributed by atoms with van der Waals surface area (Å²) in [5, 5.41) is 5.08. The van der Waals surface area contributed by atoms with Gasteiger partial charge < -0.3 is 5.32 Å². The number of nitrogens with one attached hydrogen (secondary N) is 1. The largest absolute Gasteiger partial charge is 0.312 e. The fourth-order valence-electron chi connectivity index (χ4n) is 3.29. The monoisotopic (exact) mass is 299 g/mol. The molecule has 1 atom stereocenters. The molecular weight excluding hydrogens is 274 g/mol. The Morgan fingerprint density at radius 2 is 1.86 bits per heavy atom. The Bertz CT molecular complexity index is 700. The van der Waals surface area contributed by atoms with Crippen molar-refractivity contribution >= 4 is 27.0 Å². The number of hydrogen-bond acceptors (Lipinski definition) is 2. The van der Waals surface area contributed by atoms with Crippen molar-refractivity contribution in [2.24, 2.45) is 0 Å². The minimum Gasteiger partial charge on any atom is -0.312 e. The van der Waals surface area contributed by atoms with E-state index < -0.39 is 0 Å². The third kappa shape index (κ3) is 2.67. The van der Waals surface area contributed by atoms with Crippen LogP contribution in [0.3, 0.4) is 0 Å². The smallest absolute Gasteiger partial charge is 0.0352 e. The molecule has 0 spiro atoms. The maximum Gasteiger partial charge on any atom is 0.0352 e. The topological polar surface area (TPSA) is 12.0 Å². The molecule has 3 rings (SSSR count). The molecular formula is C19H25NS. The predicted molar refractivity (Wildman–Crippen MR) is 95.2 cm³/mol. The lowest BCUT2D eigenvalue weighted by Crippen LogP contribution is -2.36. The molecule has 1 heterocycles. The maximum absolute atomic E-state index is 3.63. The summed E-state index contributed by atoms with van der Waals surface area (Å²) in [6, 6.07) is 8.84. The van der Waals surface area contributed by atoms with Crippen molar-refractivity contribution in [3.63, 3.8) is 0 Å². The highest BCUT2D eigenvalue weighted by molar-refractivity contribution is 7.19. The molecule has 0 saturated carbocycles. The van der Waals surface area contributed by atoms with Crippen LogP contribution < -0.4 is 5.32 Å². The predicted octanol–water partition coefficient (Wildman–Crippen LogP) is 5.57. The molecule has 1 aromatic carbocycles. The van der Waals surface area contributed by atoms with Gasteiger partial charge in [0.25, 0.3) is 0 Å². The van der Waals surface area contributed by atoms with E-state index in [1.165, 1.54) is 27.6 Å². The maximum atomic E-state index is 3.63. The van der Waals surface area contributed by atoms with E-state index in [0.29, 0.717) is 5.92 Å². The minimum absolute atomic E-state index is 0.203. The molecule has 1 nitrogen and oxygen atoms in total. The van der Waals surface area contributed by atoms with Gasteiger partial charge in [0.05, 0.1) is 0 Å². The summed E-state index contributed by atoms with van der Waals surface area (Å²) in [5.74, 6) is 0.604. The third-order valence-corrected chi connectivity index (χ3v) is 5.80. The van der Waals surface area contributed by atoms with Gasteiger partial charge in [-0.25, -0.2) is 0 Å². The Kier molecular flexibility index (Phi) is 3.71. The fraction of sp³-hybridized carbons (Fsp3) is 0.474. The second kappa shape index (κ2) is 5.26. The van der Waals surface area contributed by atoms with Crippen LogP contribution in [0.15, 0.2) is 29.8 Å². The molecule has 0 bridgehead atoms. The van der Waals surface area contributed by atoms with Gasteiger partial charge >= 0.3 is 0 Å². The summed E-state index contributed by atoms with van der Waals surface area (Å²) in [4.78, 5) is 1.59. The van der Waals surface area contributed by atoms with E-state index in [9.17, 15) is 0 Å². The third-order valence-electron chi connectivity index (χ3n) is 4.52. The van der Waals surface area contributed by atoms with Gasteiger partial charge in [-0.05, 0) is 64.8 Å². The van der Waals surface area contributed by atoms with Gasteiger partial charge in [0, 0.05) is 26.4 Å². The van der Waals surface area contributed by atoms with Crippen molar-refractivity contribution in [1.29, 1.82) is 0 Å². The van der Waals surface area contributed by atoms with Crippen LogP contribution in [-0.4, -0.2) is 12.1 Å². The lowest BCUT2D eigenvalue weighted by molar-refractivity contribution is 0.417. The van der Waals surface area contributed by atoms with Crippen molar-refractivity contribution in [2.45, 2.75) is 52.5 Å². The van der Waals surface area contributed by atoms with Crippen LogP contribution in [0.5, 0.6) is 0 Å². The highest BCUT2D eigenvalue weighted by atomic mass is 32.1. The van der Waals surface area contributed by atoms with Crippen molar-refractivity contribution in [2.75, 3.05) is 6.54 Å². The van der Waals surface area contributed by atoms with E-state index in [1.807, 2.05) is 11.3 Å². The lowest BCUT2D eigenvalue weighted by Gasteiger charge is -2.22. The molecule has 1 aliphatic rings. The van der Waals surface area contributed by atoms with Gasteiger partial charge in [-0.1, -0.05) is 23.8 Å². The van der Waals surface area contributed by atoms with Crippen LogP contribution in [0, 0.1) is 0 Å². The van der Waals surface area contributed by atoms with Gasteiger partial charge in [0.1, 0.15) is 0 Å². The van der Waals surface area contributed by atoms with Crippen molar-refractivity contribution < 1.29 is 0 Å². The molecule has 1 aliphatic carbocycles. The van der Waals surface area contributed by atoms with Gasteiger partial charge in [-0.3, -0.25) is 0 Å². The van der Waals surface area contributed by atoms with Crippen LogP contribution in [0.1, 0.15) is 57.4 Å².